The first-order valence-electron chi connectivity index (χ1n) is 4.26. The van der Waals surface area contributed by atoms with Gasteiger partial charge < -0.3 is 10.0 Å². The van der Waals surface area contributed by atoms with Gasteiger partial charge in [0.1, 0.15) is 0 Å². The molecule has 2 aliphatic rings. The molecule has 2 bridgehead atoms. The van der Waals surface area contributed by atoms with E-state index in [4.69, 9.17) is 0 Å². The predicted octanol–water partition coefficient (Wildman–Crippen LogP) is 0.463. The van der Waals surface area contributed by atoms with Crippen LogP contribution in [-0.4, -0.2) is 35.7 Å². The number of nitrogens with zero attached hydrogens (tertiary/aromatic N) is 1. The Bertz CT molecular complexity index is 124. The Morgan fingerprint density at radius 2 is 2.10 bits per heavy atom. The molecule has 58 valence electrons. The van der Waals surface area contributed by atoms with Crippen LogP contribution < -0.4 is 0 Å². The molecule has 3 atom stereocenters. The molecule has 2 rings (SSSR count). The maximum Gasteiger partial charge on any atom is 0.0592 e. The van der Waals surface area contributed by atoms with E-state index >= 15 is 0 Å². The molecule has 2 saturated heterocycles. The van der Waals surface area contributed by atoms with E-state index in [1.54, 1.807) is 0 Å². The fourth-order valence-electron chi connectivity index (χ4n) is 2.16. The molecule has 2 fully saturated rings. The highest BCUT2D eigenvalue weighted by atomic mass is 16.3. The van der Waals surface area contributed by atoms with Gasteiger partial charge in [0.15, 0.2) is 0 Å². The third kappa shape index (κ3) is 1.06. The van der Waals surface area contributed by atoms with Crippen molar-refractivity contribution in [2.75, 3.05) is 19.6 Å². The van der Waals surface area contributed by atoms with Crippen LogP contribution in [0.25, 0.3) is 0 Å². The molecule has 2 nitrogen and oxygen atoms in total. The second-order valence-corrected chi connectivity index (χ2v) is 3.56. The number of piperidine rings is 2. The van der Waals surface area contributed by atoms with Crippen molar-refractivity contribution in [2.45, 2.75) is 25.4 Å². The molecule has 0 unspecified atom stereocenters. The summed E-state index contributed by atoms with van der Waals surface area (Å²) in [7, 11) is 0. The van der Waals surface area contributed by atoms with Crippen LogP contribution in [0.3, 0.4) is 0 Å². The standard InChI is InChI=1S/C8H15NO/c10-8-3-5-9-4-1-2-7(8)6-9/h7-8,10H,1-6H2/t7-,8-/m1/s1. The number of fused-ring (bicyclic) bond motifs is 2. The maximum atomic E-state index is 9.49. The molecule has 2 aliphatic heterocycles. The number of hydrogen-bond acceptors (Lipinski definition) is 2. The molecular formula is C8H15NO. The maximum absolute atomic E-state index is 9.49. The monoisotopic (exact) mass is 141 g/mol. The first kappa shape index (κ1) is 6.62. The summed E-state index contributed by atoms with van der Waals surface area (Å²) in [4.78, 5) is 2.47. The zero-order chi connectivity index (χ0) is 6.97. The molecule has 0 aromatic carbocycles. The molecule has 0 spiro atoms. The Morgan fingerprint density at radius 3 is 2.90 bits per heavy atom. The van der Waals surface area contributed by atoms with Crippen molar-refractivity contribution in [3.05, 3.63) is 0 Å². The average molecular weight is 141 g/mol. The van der Waals surface area contributed by atoms with Crippen molar-refractivity contribution in [1.82, 2.24) is 4.90 Å². The smallest absolute Gasteiger partial charge is 0.0592 e. The average Bonchev–Trinajstić information content (AvgIpc) is 1.99. The zero-order valence-corrected chi connectivity index (χ0v) is 6.29. The summed E-state index contributed by atoms with van der Waals surface area (Å²) < 4.78 is 0. The van der Waals surface area contributed by atoms with Crippen LogP contribution in [0.4, 0.5) is 0 Å². The van der Waals surface area contributed by atoms with Gasteiger partial charge in [-0.25, -0.2) is 0 Å². The first-order valence-corrected chi connectivity index (χ1v) is 4.26. The van der Waals surface area contributed by atoms with Crippen LogP contribution in [0, 0.1) is 5.92 Å². The highest BCUT2D eigenvalue weighted by Crippen LogP contribution is 2.25. The molecular weight excluding hydrogens is 126 g/mol. The van der Waals surface area contributed by atoms with Crippen LogP contribution in [0.15, 0.2) is 0 Å². The lowest BCUT2D eigenvalue weighted by atomic mass is 9.87. The van der Waals surface area contributed by atoms with Gasteiger partial charge in [-0.15, -0.1) is 0 Å². The number of aliphatic hydroxyl groups excluding tert-OH is 1. The highest BCUT2D eigenvalue weighted by molar-refractivity contribution is 4.83. The van der Waals surface area contributed by atoms with Crippen LogP contribution >= 0.6 is 0 Å². The van der Waals surface area contributed by atoms with Crippen molar-refractivity contribution in [2.24, 2.45) is 5.92 Å². The van der Waals surface area contributed by atoms with Gasteiger partial charge in [0.05, 0.1) is 6.10 Å². The molecule has 0 aliphatic carbocycles. The summed E-state index contributed by atoms with van der Waals surface area (Å²) >= 11 is 0. The molecule has 0 aromatic heterocycles. The Labute approximate surface area is 61.8 Å². The van der Waals surface area contributed by atoms with Crippen LogP contribution in [0.1, 0.15) is 19.3 Å². The summed E-state index contributed by atoms with van der Waals surface area (Å²) in [6.07, 6.45) is 3.56. The van der Waals surface area contributed by atoms with Crippen molar-refractivity contribution in [3.8, 4) is 0 Å². The van der Waals surface area contributed by atoms with Gasteiger partial charge in [0.25, 0.3) is 0 Å². The minimum atomic E-state index is 0.0107. The van der Waals surface area contributed by atoms with Crippen molar-refractivity contribution >= 4 is 0 Å². The van der Waals surface area contributed by atoms with E-state index in [9.17, 15) is 5.11 Å². The summed E-state index contributed by atoms with van der Waals surface area (Å²) in [6.45, 7) is 3.54. The van der Waals surface area contributed by atoms with E-state index in [1.165, 1.54) is 19.4 Å². The Hall–Kier alpha value is -0.0800. The van der Waals surface area contributed by atoms with Gasteiger partial charge in [0, 0.05) is 13.1 Å². The van der Waals surface area contributed by atoms with Gasteiger partial charge in [0.2, 0.25) is 0 Å². The van der Waals surface area contributed by atoms with E-state index in [0.717, 1.165) is 19.5 Å². The highest BCUT2D eigenvalue weighted by Gasteiger charge is 2.30. The van der Waals surface area contributed by atoms with Crippen molar-refractivity contribution in [1.29, 1.82) is 0 Å². The lowest BCUT2D eigenvalue weighted by Crippen LogP contribution is -2.46. The fourth-order valence-corrected chi connectivity index (χ4v) is 2.16. The first-order chi connectivity index (χ1) is 4.86. The molecule has 2 heterocycles. The van der Waals surface area contributed by atoms with Gasteiger partial charge >= 0.3 is 0 Å². The molecule has 2 heteroatoms. The normalized spacial score (nSPS) is 47.1. The quantitative estimate of drug-likeness (QED) is 0.530. The molecule has 0 radical (unpaired) electrons. The van der Waals surface area contributed by atoms with Crippen molar-refractivity contribution in [3.63, 3.8) is 0 Å². The van der Waals surface area contributed by atoms with Gasteiger partial charge in [-0.2, -0.15) is 0 Å². The van der Waals surface area contributed by atoms with Gasteiger partial charge in [-0.05, 0) is 31.7 Å². The largest absolute Gasteiger partial charge is 0.393 e. The van der Waals surface area contributed by atoms with E-state index in [-0.39, 0.29) is 6.10 Å². The molecule has 0 amide bonds. The van der Waals surface area contributed by atoms with E-state index in [1.807, 2.05) is 0 Å². The molecule has 1 N–H and O–H groups in total. The minimum Gasteiger partial charge on any atom is -0.393 e. The zero-order valence-electron chi connectivity index (χ0n) is 6.29. The van der Waals surface area contributed by atoms with Crippen LogP contribution in [0.2, 0.25) is 0 Å². The van der Waals surface area contributed by atoms with E-state index < -0.39 is 0 Å². The number of hydrogen-bond donors (Lipinski definition) is 1. The SMILES string of the molecule is O[C@@H]1CC[N@@]2CCC[C@@H]1C2. The second kappa shape index (κ2) is 2.51. The number of rotatable bonds is 0. The molecule has 10 heavy (non-hydrogen) atoms. The third-order valence-electron chi connectivity index (χ3n) is 2.83. The van der Waals surface area contributed by atoms with Gasteiger partial charge in [-0.3, -0.25) is 0 Å². The Morgan fingerprint density at radius 1 is 1.20 bits per heavy atom. The topological polar surface area (TPSA) is 23.5 Å². The minimum absolute atomic E-state index is 0.0107. The second-order valence-electron chi connectivity index (χ2n) is 3.56. The third-order valence-corrected chi connectivity index (χ3v) is 2.83. The van der Waals surface area contributed by atoms with Crippen LogP contribution in [0.5, 0.6) is 0 Å². The summed E-state index contributed by atoms with van der Waals surface area (Å²) in [6, 6.07) is 0. The van der Waals surface area contributed by atoms with Gasteiger partial charge in [-0.1, -0.05) is 0 Å². The predicted molar refractivity (Wildman–Crippen MR) is 39.8 cm³/mol. The van der Waals surface area contributed by atoms with E-state index in [2.05, 4.69) is 4.90 Å². The molecule has 0 saturated carbocycles. The lowest BCUT2D eigenvalue weighted by Gasteiger charge is -2.40. The van der Waals surface area contributed by atoms with Crippen molar-refractivity contribution < 1.29 is 5.11 Å². The van der Waals surface area contributed by atoms with E-state index in [0.29, 0.717) is 5.92 Å². The Balaban J connectivity index is 2.00. The number of aliphatic hydroxyl groups is 1. The molecule has 0 aromatic rings. The fraction of sp³-hybridized carbons (Fsp3) is 1.00. The van der Waals surface area contributed by atoms with Crippen LogP contribution in [-0.2, 0) is 0 Å². The lowest BCUT2D eigenvalue weighted by molar-refractivity contribution is 0.000185. The summed E-state index contributed by atoms with van der Waals surface area (Å²) in [5.74, 6) is 0.600. The summed E-state index contributed by atoms with van der Waals surface area (Å²) in [5.41, 5.74) is 0. The summed E-state index contributed by atoms with van der Waals surface area (Å²) in [5, 5.41) is 9.49. The Kier molecular flexibility index (Phi) is 1.66.